The second kappa shape index (κ2) is 6.96. The zero-order valence-corrected chi connectivity index (χ0v) is 13.7. The van der Waals surface area contributed by atoms with E-state index in [4.69, 9.17) is 5.26 Å². The number of nitrogens with one attached hydrogen (secondary N) is 3. The lowest BCUT2D eigenvalue weighted by molar-refractivity contribution is 0.249. The lowest BCUT2D eigenvalue weighted by Gasteiger charge is -2.12. The molecule has 122 valence electrons. The van der Waals surface area contributed by atoms with Gasteiger partial charge in [0.15, 0.2) is 5.82 Å². The van der Waals surface area contributed by atoms with Crippen LogP contribution in [0.3, 0.4) is 0 Å². The second-order valence-electron chi connectivity index (χ2n) is 5.82. The van der Waals surface area contributed by atoms with E-state index in [0.29, 0.717) is 12.0 Å². The van der Waals surface area contributed by atoms with Crippen LogP contribution >= 0.6 is 0 Å². The molecule has 2 aromatic rings. The van der Waals surface area contributed by atoms with Gasteiger partial charge in [-0.3, -0.25) is 15.1 Å². The first-order chi connectivity index (χ1) is 10.9. The Balaban J connectivity index is 1.95. The molecule has 2 heterocycles. The summed E-state index contributed by atoms with van der Waals surface area (Å²) in [5, 5.41) is 25.8. The summed E-state index contributed by atoms with van der Waals surface area (Å²) in [7, 11) is 0. The molecule has 0 bridgehead atoms. The predicted octanol–water partition coefficient (Wildman–Crippen LogP) is 2.12. The van der Waals surface area contributed by atoms with E-state index in [1.807, 2.05) is 39.8 Å². The molecule has 0 aliphatic rings. The number of nitriles is 1. The number of aromatic amines is 1. The molecule has 3 N–H and O–H groups in total. The van der Waals surface area contributed by atoms with E-state index < -0.39 is 6.03 Å². The van der Waals surface area contributed by atoms with E-state index in [-0.39, 0.29) is 17.9 Å². The maximum absolute atomic E-state index is 12.1. The second-order valence-corrected chi connectivity index (χ2v) is 5.82. The van der Waals surface area contributed by atoms with Crippen LogP contribution < -0.4 is 10.6 Å². The SMILES string of the molecule is Cc1cc(C[C@H](C)NC(=O)Nc2nn(C(C)C)cc2C#N)n[nH]1. The summed E-state index contributed by atoms with van der Waals surface area (Å²) < 4.78 is 1.64. The predicted molar refractivity (Wildman–Crippen MR) is 86.0 cm³/mol. The summed E-state index contributed by atoms with van der Waals surface area (Å²) in [6.45, 7) is 7.72. The Morgan fingerprint density at radius 1 is 1.48 bits per heavy atom. The molecule has 0 saturated heterocycles. The van der Waals surface area contributed by atoms with Crippen molar-refractivity contribution in [2.75, 3.05) is 5.32 Å². The minimum Gasteiger partial charge on any atom is -0.335 e. The number of nitrogens with zero attached hydrogens (tertiary/aromatic N) is 4. The number of amides is 2. The number of hydrogen-bond acceptors (Lipinski definition) is 4. The Bertz CT molecular complexity index is 723. The van der Waals surface area contributed by atoms with Crippen LogP contribution in [0.25, 0.3) is 0 Å². The molecule has 0 unspecified atom stereocenters. The smallest absolute Gasteiger partial charge is 0.320 e. The zero-order valence-electron chi connectivity index (χ0n) is 13.7. The van der Waals surface area contributed by atoms with Gasteiger partial charge < -0.3 is 5.32 Å². The van der Waals surface area contributed by atoms with Crippen molar-refractivity contribution in [3.8, 4) is 6.07 Å². The number of rotatable bonds is 5. The molecule has 1 atom stereocenters. The van der Waals surface area contributed by atoms with Gasteiger partial charge >= 0.3 is 6.03 Å². The molecule has 0 aromatic carbocycles. The molecule has 0 fully saturated rings. The monoisotopic (exact) mass is 315 g/mol. The van der Waals surface area contributed by atoms with Gasteiger partial charge in [-0.1, -0.05) is 0 Å². The van der Waals surface area contributed by atoms with E-state index in [1.165, 1.54) is 0 Å². The Hall–Kier alpha value is -2.82. The molecule has 0 radical (unpaired) electrons. The van der Waals surface area contributed by atoms with Gasteiger partial charge in [0.05, 0.1) is 5.69 Å². The van der Waals surface area contributed by atoms with Crippen molar-refractivity contribution >= 4 is 11.8 Å². The van der Waals surface area contributed by atoms with Crippen molar-refractivity contribution in [1.29, 1.82) is 5.26 Å². The average molecular weight is 315 g/mol. The van der Waals surface area contributed by atoms with E-state index >= 15 is 0 Å². The van der Waals surface area contributed by atoms with Crippen molar-refractivity contribution in [2.24, 2.45) is 0 Å². The van der Waals surface area contributed by atoms with Crippen LogP contribution in [0.2, 0.25) is 0 Å². The normalized spacial score (nSPS) is 12.0. The third kappa shape index (κ3) is 4.32. The fourth-order valence-electron chi connectivity index (χ4n) is 2.14. The summed E-state index contributed by atoms with van der Waals surface area (Å²) in [5.74, 6) is 0.265. The lowest BCUT2D eigenvalue weighted by atomic mass is 10.2. The van der Waals surface area contributed by atoms with Gasteiger partial charge in [0.25, 0.3) is 0 Å². The number of carbonyl (C=O) groups excluding carboxylic acids is 1. The molecule has 2 rings (SSSR count). The molecule has 0 aliphatic heterocycles. The quantitative estimate of drug-likeness (QED) is 0.784. The Morgan fingerprint density at radius 3 is 2.78 bits per heavy atom. The van der Waals surface area contributed by atoms with Crippen molar-refractivity contribution in [3.63, 3.8) is 0 Å². The van der Waals surface area contributed by atoms with Crippen molar-refractivity contribution in [2.45, 2.75) is 46.2 Å². The van der Waals surface area contributed by atoms with Crippen LogP contribution in [0, 0.1) is 18.3 Å². The molecule has 0 saturated carbocycles. The van der Waals surface area contributed by atoms with Crippen molar-refractivity contribution < 1.29 is 4.79 Å². The highest BCUT2D eigenvalue weighted by molar-refractivity contribution is 5.89. The molecule has 0 aliphatic carbocycles. The number of H-pyrrole nitrogens is 1. The number of aryl methyl sites for hydroxylation is 1. The highest BCUT2D eigenvalue weighted by atomic mass is 16.2. The standard InChI is InChI=1S/C15H21N7O/c1-9(2)22-8-12(7-16)14(21-22)18-15(23)17-10(3)5-13-6-11(4)19-20-13/h6,8-10H,5H2,1-4H3,(H,19,20)(H2,17,18,21,23)/t10-/m0/s1. The Labute approximate surface area is 134 Å². The number of anilines is 1. The van der Waals surface area contributed by atoms with Crippen LogP contribution in [0.1, 0.15) is 43.8 Å². The van der Waals surface area contributed by atoms with Gasteiger partial charge in [-0.15, -0.1) is 0 Å². The van der Waals surface area contributed by atoms with Gasteiger partial charge in [0.1, 0.15) is 11.6 Å². The third-order valence-electron chi connectivity index (χ3n) is 3.27. The van der Waals surface area contributed by atoms with Crippen LogP contribution in [-0.4, -0.2) is 32.1 Å². The minimum atomic E-state index is -0.393. The summed E-state index contributed by atoms with van der Waals surface area (Å²) in [6.07, 6.45) is 2.24. The van der Waals surface area contributed by atoms with Gasteiger partial charge in [0.2, 0.25) is 0 Å². The number of aromatic nitrogens is 4. The number of hydrogen-bond donors (Lipinski definition) is 3. The highest BCUT2D eigenvalue weighted by Crippen LogP contribution is 2.15. The first kappa shape index (κ1) is 16.5. The van der Waals surface area contributed by atoms with Gasteiger partial charge in [0, 0.05) is 30.4 Å². The van der Waals surface area contributed by atoms with Crippen LogP contribution in [-0.2, 0) is 6.42 Å². The van der Waals surface area contributed by atoms with Crippen LogP contribution in [0.5, 0.6) is 0 Å². The van der Waals surface area contributed by atoms with E-state index in [0.717, 1.165) is 11.4 Å². The highest BCUT2D eigenvalue weighted by Gasteiger charge is 2.15. The van der Waals surface area contributed by atoms with Crippen LogP contribution in [0.4, 0.5) is 10.6 Å². The topological polar surface area (TPSA) is 111 Å². The van der Waals surface area contributed by atoms with Gasteiger partial charge in [-0.2, -0.15) is 15.5 Å². The van der Waals surface area contributed by atoms with Crippen molar-refractivity contribution in [1.82, 2.24) is 25.3 Å². The average Bonchev–Trinajstić information content (AvgIpc) is 3.04. The summed E-state index contributed by atoms with van der Waals surface area (Å²) in [6, 6.07) is 3.59. The molecule has 2 aromatic heterocycles. The van der Waals surface area contributed by atoms with E-state index in [1.54, 1.807) is 10.9 Å². The van der Waals surface area contributed by atoms with Crippen LogP contribution in [0.15, 0.2) is 12.3 Å². The molecule has 8 heteroatoms. The molecule has 0 spiro atoms. The molecule has 2 amide bonds. The lowest BCUT2D eigenvalue weighted by Crippen LogP contribution is -2.37. The fraction of sp³-hybridized carbons (Fsp3) is 0.467. The Morgan fingerprint density at radius 2 is 2.22 bits per heavy atom. The van der Waals surface area contributed by atoms with Crippen molar-refractivity contribution in [3.05, 3.63) is 29.2 Å². The van der Waals surface area contributed by atoms with E-state index in [9.17, 15) is 4.79 Å². The summed E-state index contributed by atoms with van der Waals surface area (Å²) in [4.78, 5) is 12.1. The molecular weight excluding hydrogens is 294 g/mol. The maximum atomic E-state index is 12.1. The van der Waals surface area contributed by atoms with Gasteiger partial charge in [-0.05, 0) is 33.8 Å². The van der Waals surface area contributed by atoms with E-state index in [2.05, 4.69) is 25.9 Å². The first-order valence-corrected chi connectivity index (χ1v) is 7.46. The molecule has 23 heavy (non-hydrogen) atoms. The summed E-state index contributed by atoms with van der Waals surface area (Å²) >= 11 is 0. The third-order valence-corrected chi connectivity index (χ3v) is 3.27. The fourth-order valence-corrected chi connectivity index (χ4v) is 2.14. The Kier molecular flexibility index (Phi) is 5.01. The molecule has 8 nitrogen and oxygen atoms in total. The zero-order chi connectivity index (χ0) is 17.0. The minimum absolute atomic E-state index is 0.101. The van der Waals surface area contributed by atoms with Gasteiger partial charge in [-0.25, -0.2) is 4.79 Å². The number of urea groups is 1. The first-order valence-electron chi connectivity index (χ1n) is 7.46. The maximum Gasteiger partial charge on any atom is 0.320 e. The molecular formula is C15H21N7O. The largest absolute Gasteiger partial charge is 0.335 e. The number of carbonyl (C=O) groups is 1. The summed E-state index contributed by atoms with van der Waals surface area (Å²) in [5.41, 5.74) is 2.20.